The molecule has 0 saturated carbocycles. The minimum atomic E-state index is -4.64. The van der Waals surface area contributed by atoms with Gasteiger partial charge in [-0.3, -0.25) is 14.2 Å². The maximum absolute atomic E-state index is 12.7. The van der Waals surface area contributed by atoms with E-state index in [1.807, 2.05) is 21.1 Å². The maximum Gasteiger partial charge on any atom is 0.306 e. The molecule has 0 amide bonds. The quantitative estimate of drug-likeness (QED) is 0.0196. The van der Waals surface area contributed by atoms with Gasteiger partial charge in [0.25, 0.3) is 7.82 Å². The zero-order chi connectivity index (χ0) is 45.7. The standard InChI is InChI=1S/C52H90NO8P/c1-6-8-10-12-14-16-18-20-21-22-23-24-25-26-27-28-29-30-31-33-35-37-39-41-43-45-52(55)61-50(49-60-62(56,57)59-47-46-53(3,4)5)48-58-51(54)44-42-40-38-36-34-32-19-17-15-13-11-9-7-2/h8,10,14,16,20-21,23-24,26-27,29-30,33,35,50H,6-7,9,11-13,15,17-19,22,25,28,31-32,34,36-49H2,1-5H3/b10-8-,16-14-,21-20-,24-23-,27-26-,30-29-,35-33-. The van der Waals surface area contributed by atoms with Crippen LogP contribution < -0.4 is 4.89 Å². The van der Waals surface area contributed by atoms with Crippen LogP contribution >= 0.6 is 7.82 Å². The molecule has 62 heavy (non-hydrogen) atoms. The van der Waals surface area contributed by atoms with Gasteiger partial charge in [-0.25, -0.2) is 0 Å². The van der Waals surface area contributed by atoms with Crippen molar-refractivity contribution in [3.63, 3.8) is 0 Å². The molecule has 0 spiro atoms. The Hall–Kier alpha value is -2.81. The molecule has 0 rings (SSSR count). The molecule has 0 aromatic rings. The molecule has 0 radical (unpaired) electrons. The van der Waals surface area contributed by atoms with Crippen LogP contribution in [-0.2, 0) is 32.7 Å². The summed E-state index contributed by atoms with van der Waals surface area (Å²) in [6.07, 6.45) is 56.1. The predicted molar refractivity (Wildman–Crippen MR) is 259 cm³/mol. The maximum atomic E-state index is 12.7. The second-order valence-electron chi connectivity index (χ2n) is 17.1. The Bertz CT molecular complexity index is 1330. The molecule has 0 heterocycles. The lowest BCUT2D eigenvalue weighted by atomic mass is 10.0. The lowest BCUT2D eigenvalue weighted by Gasteiger charge is -2.28. The average molecular weight is 888 g/mol. The first kappa shape index (κ1) is 59.2. The van der Waals surface area contributed by atoms with E-state index in [9.17, 15) is 19.0 Å². The first-order valence-electron chi connectivity index (χ1n) is 24.3. The molecular weight excluding hydrogens is 798 g/mol. The monoisotopic (exact) mass is 888 g/mol. The van der Waals surface area contributed by atoms with Crippen molar-refractivity contribution in [2.75, 3.05) is 47.5 Å². The highest BCUT2D eigenvalue weighted by Gasteiger charge is 2.21. The Morgan fingerprint density at radius 1 is 0.516 bits per heavy atom. The summed E-state index contributed by atoms with van der Waals surface area (Å²) in [6, 6.07) is 0. The van der Waals surface area contributed by atoms with Crippen LogP contribution in [0.25, 0.3) is 0 Å². The summed E-state index contributed by atoms with van der Waals surface area (Å²) in [5.74, 6) is -0.876. The topological polar surface area (TPSA) is 111 Å². The summed E-state index contributed by atoms with van der Waals surface area (Å²) in [5.41, 5.74) is 0. The highest BCUT2D eigenvalue weighted by Crippen LogP contribution is 2.38. The van der Waals surface area contributed by atoms with Crippen LogP contribution in [-0.4, -0.2) is 70.0 Å². The number of likely N-dealkylation sites (N-methyl/N-ethyl adjacent to an activating group) is 1. The molecule has 9 nitrogen and oxygen atoms in total. The first-order valence-corrected chi connectivity index (χ1v) is 25.8. The van der Waals surface area contributed by atoms with Gasteiger partial charge in [0.15, 0.2) is 6.10 Å². The SMILES string of the molecule is CC/C=C\C/C=C\C/C=C\C/C=C\C/C=C\C/C=C\C/C=C\CCCCCC(=O)OC(COC(=O)CCCCCCCCCCCCCCC)COP(=O)([O-])OCC[N+](C)(C)C. The fourth-order valence-electron chi connectivity index (χ4n) is 6.16. The molecule has 0 saturated heterocycles. The molecule has 356 valence electrons. The van der Waals surface area contributed by atoms with Crippen molar-refractivity contribution in [2.24, 2.45) is 0 Å². The van der Waals surface area contributed by atoms with Crippen LogP contribution in [0.3, 0.4) is 0 Å². The number of hydrogen-bond acceptors (Lipinski definition) is 8. The average Bonchev–Trinajstić information content (AvgIpc) is 3.23. The second kappa shape index (κ2) is 43.4. The molecule has 0 fully saturated rings. The van der Waals surface area contributed by atoms with Crippen molar-refractivity contribution < 1.29 is 42.1 Å². The molecule has 0 aromatic heterocycles. The highest BCUT2D eigenvalue weighted by molar-refractivity contribution is 7.45. The number of phosphoric acid groups is 1. The van der Waals surface area contributed by atoms with E-state index in [0.29, 0.717) is 17.4 Å². The lowest BCUT2D eigenvalue weighted by molar-refractivity contribution is -0.870. The zero-order valence-electron chi connectivity index (χ0n) is 40.0. The first-order chi connectivity index (χ1) is 30.0. The second-order valence-corrected chi connectivity index (χ2v) is 18.5. The van der Waals surface area contributed by atoms with Crippen molar-refractivity contribution in [1.29, 1.82) is 0 Å². The Balaban J connectivity index is 4.37. The number of hydrogen-bond donors (Lipinski definition) is 0. The summed E-state index contributed by atoms with van der Waals surface area (Å²) in [4.78, 5) is 37.6. The van der Waals surface area contributed by atoms with Crippen molar-refractivity contribution >= 4 is 19.8 Å². The minimum absolute atomic E-state index is 0.0411. The van der Waals surface area contributed by atoms with Crippen molar-refractivity contribution in [3.8, 4) is 0 Å². The lowest BCUT2D eigenvalue weighted by Crippen LogP contribution is -2.37. The number of quaternary nitrogens is 1. The predicted octanol–water partition coefficient (Wildman–Crippen LogP) is 13.7. The van der Waals surface area contributed by atoms with E-state index in [0.717, 1.165) is 83.5 Å². The van der Waals surface area contributed by atoms with E-state index in [1.165, 1.54) is 64.2 Å². The number of rotatable bonds is 43. The Kier molecular flexibility index (Phi) is 41.5. The van der Waals surface area contributed by atoms with E-state index >= 15 is 0 Å². The van der Waals surface area contributed by atoms with Crippen molar-refractivity contribution in [2.45, 2.75) is 187 Å². The highest BCUT2D eigenvalue weighted by atomic mass is 31.2. The molecular formula is C52H90NO8P. The number of phosphoric ester groups is 1. The number of unbranched alkanes of at least 4 members (excludes halogenated alkanes) is 15. The third kappa shape index (κ3) is 46.7. The number of nitrogens with zero attached hydrogens (tertiary/aromatic N) is 1. The van der Waals surface area contributed by atoms with Gasteiger partial charge < -0.3 is 27.9 Å². The van der Waals surface area contributed by atoms with Crippen LogP contribution in [0, 0.1) is 0 Å². The van der Waals surface area contributed by atoms with Gasteiger partial charge in [0.2, 0.25) is 0 Å². The van der Waals surface area contributed by atoms with Gasteiger partial charge in [0.1, 0.15) is 19.8 Å². The molecule has 0 aliphatic carbocycles. The van der Waals surface area contributed by atoms with Crippen LogP contribution in [0.1, 0.15) is 181 Å². The number of esters is 2. The van der Waals surface area contributed by atoms with Gasteiger partial charge in [0.05, 0.1) is 27.7 Å². The number of allylic oxidation sites excluding steroid dienone is 14. The van der Waals surface area contributed by atoms with Gasteiger partial charge in [-0.1, -0.05) is 182 Å². The van der Waals surface area contributed by atoms with Crippen LogP contribution in [0.4, 0.5) is 0 Å². The van der Waals surface area contributed by atoms with Crippen LogP contribution in [0.2, 0.25) is 0 Å². The molecule has 0 aromatic carbocycles. The van der Waals surface area contributed by atoms with Crippen LogP contribution in [0.5, 0.6) is 0 Å². The summed E-state index contributed by atoms with van der Waals surface area (Å²) < 4.78 is 33.9. The minimum Gasteiger partial charge on any atom is -0.756 e. The van der Waals surface area contributed by atoms with Crippen molar-refractivity contribution in [3.05, 3.63) is 85.1 Å². The normalized spacial score (nSPS) is 14.2. The number of carbonyl (C=O) groups excluding carboxylic acids is 2. The largest absolute Gasteiger partial charge is 0.756 e. The molecule has 0 aliphatic heterocycles. The summed E-state index contributed by atoms with van der Waals surface area (Å²) in [7, 11) is 1.13. The summed E-state index contributed by atoms with van der Waals surface area (Å²) >= 11 is 0. The molecule has 0 bridgehead atoms. The molecule has 2 unspecified atom stereocenters. The van der Waals surface area contributed by atoms with E-state index in [2.05, 4.69) is 98.9 Å². The van der Waals surface area contributed by atoms with Gasteiger partial charge >= 0.3 is 11.9 Å². The molecule has 0 aliphatic rings. The van der Waals surface area contributed by atoms with Gasteiger partial charge in [-0.15, -0.1) is 0 Å². The molecule has 0 N–H and O–H groups in total. The third-order valence-corrected chi connectivity index (χ3v) is 10.9. The van der Waals surface area contributed by atoms with Gasteiger partial charge in [0, 0.05) is 12.8 Å². The third-order valence-electron chi connectivity index (χ3n) is 9.93. The van der Waals surface area contributed by atoms with Crippen LogP contribution in [0.15, 0.2) is 85.1 Å². The van der Waals surface area contributed by atoms with Gasteiger partial charge in [-0.2, -0.15) is 0 Å². The van der Waals surface area contributed by atoms with E-state index < -0.39 is 32.5 Å². The number of carbonyl (C=O) groups is 2. The summed E-state index contributed by atoms with van der Waals surface area (Å²) in [5, 5.41) is 0. The fraction of sp³-hybridized carbons (Fsp3) is 0.692. The number of ether oxygens (including phenoxy) is 2. The molecule has 2 atom stereocenters. The molecule has 10 heteroatoms. The summed E-state index contributed by atoms with van der Waals surface area (Å²) in [6.45, 7) is 4.06. The van der Waals surface area contributed by atoms with Crippen molar-refractivity contribution in [1.82, 2.24) is 0 Å². The zero-order valence-corrected chi connectivity index (χ0v) is 40.9. The van der Waals surface area contributed by atoms with E-state index in [4.69, 9.17) is 18.5 Å². The Labute approximate surface area is 380 Å². The van der Waals surface area contributed by atoms with E-state index in [1.54, 1.807) is 0 Å². The van der Waals surface area contributed by atoms with Gasteiger partial charge in [-0.05, 0) is 70.6 Å². The Morgan fingerprint density at radius 3 is 1.37 bits per heavy atom. The smallest absolute Gasteiger partial charge is 0.306 e. The fourth-order valence-corrected chi connectivity index (χ4v) is 6.89. The Morgan fingerprint density at radius 2 is 0.919 bits per heavy atom. The van der Waals surface area contributed by atoms with E-state index in [-0.39, 0.29) is 26.1 Å².